The fourth-order valence-corrected chi connectivity index (χ4v) is 3.98. The highest BCUT2D eigenvalue weighted by Gasteiger charge is 2.30. The van der Waals surface area contributed by atoms with E-state index in [1.165, 1.54) is 0 Å². The Bertz CT molecular complexity index is 1130. The van der Waals surface area contributed by atoms with Crippen LogP contribution in [-0.4, -0.2) is 35.9 Å². The predicted octanol–water partition coefficient (Wildman–Crippen LogP) is 5.16. The summed E-state index contributed by atoms with van der Waals surface area (Å²) >= 11 is 0. The third-order valence-corrected chi connectivity index (χ3v) is 6.12. The minimum atomic E-state index is -0.654. The van der Waals surface area contributed by atoms with E-state index < -0.39 is 6.04 Å². The average molecular weight is 473 g/mol. The van der Waals surface area contributed by atoms with E-state index in [2.05, 4.69) is 5.32 Å². The Hall–Kier alpha value is -3.60. The first kappa shape index (κ1) is 26.0. The maximum absolute atomic E-state index is 13.7. The third kappa shape index (κ3) is 7.44. The van der Waals surface area contributed by atoms with Gasteiger partial charge in [-0.15, -0.1) is 0 Å². The first-order chi connectivity index (χ1) is 16.9. The molecule has 0 radical (unpaired) electrons. The van der Waals surface area contributed by atoms with E-state index in [1.54, 1.807) is 4.90 Å². The topological polar surface area (TPSA) is 58.6 Å². The van der Waals surface area contributed by atoms with Crippen LogP contribution in [0, 0.1) is 20.8 Å². The van der Waals surface area contributed by atoms with E-state index in [1.807, 2.05) is 100 Å². The Kier molecular flexibility index (Phi) is 9.47. The van der Waals surface area contributed by atoms with Crippen molar-refractivity contribution < 1.29 is 14.3 Å². The van der Waals surface area contributed by atoms with Crippen molar-refractivity contribution in [1.29, 1.82) is 0 Å². The zero-order chi connectivity index (χ0) is 25.2. The molecule has 0 unspecified atom stereocenters. The zero-order valence-corrected chi connectivity index (χ0v) is 21.2. The van der Waals surface area contributed by atoms with Gasteiger partial charge in [0.1, 0.15) is 11.8 Å². The molecule has 3 rings (SSSR count). The summed E-state index contributed by atoms with van der Waals surface area (Å²) < 4.78 is 5.97. The summed E-state index contributed by atoms with van der Waals surface area (Å²) in [4.78, 5) is 28.7. The second-order valence-corrected chi connectivity index (χ2v) is 9.00. The lowest BCUT2D eigenvalue weighted by molar-refractivity contribution is -0.142. The number of nitrogens with one attached hydrogen (secondary N) is 1. The molecule has 3 aromatic carbocycles. The summed E-state index contributed by atoms with van der Waals surface area (Å²) in [7, 11) is 0. The molecule has 0 aliphatic heterocycles. The van der Waals surface area contributed by atoms with Crippen molar-refractivity contribution in [2.45, 2.75) is 53.1 Å². The molecule has 0 saturated carbocycles. The number of ether oxygens (including phenoxy) is 1. The minimum Gasteiger partial charge on any atom is -0.483 e. The van der Waals surface area contributed by atoms with Crippen molar-refractivity contribution in [2.24, 2.45) is 0 Å². The Balaban J connectivity index is 1.92. The van der Waals surface area contributed by atoms with Gasteiger partial charge in [-0.25, -0.2) is 0 Å². The van der Waals surface area contributed by atoms with Gasteiger partial charge in [0.25, 0.3) is 5.91 Å². The van der Waals surface area contributed by atoms with Gasteiger partial charge in [0.15, 0.2) is 6.61 Å². The van der Waals surface area contributed by atoms with E-state index in [0.29, 0.717) is 25.3 Å². The third-order valence-electron chi connectivity index (χ3n) is 6.12. The number of rotatable bonds is 11. The second-order valence-electron chi connectivity index (χ2n) is 9.00. The number of benzene rings is 3. The Labute approximate surface area is 209 Å². The summed E-state index contributed by atoms with van der Waals surface area (Å²) in [5.41, 5.74) is 5.12. The standard InChI is InChI=1S/C30H36N2O3/c1-5-17-31-30(34)27(19-25-12-7-6-8-13-25)32(20-26-14-10-9-11-23(26)3)29(33)21-35-28-18-22(2)15-16-24(28)4/h6-16,18,27H,5,17,19-21H2,1-4H3,(H,31,34)/t27-/m1/s1. The van der Waals surface area contributed by atoms with E-state index in [4.69, 9.17) is 4.74 Å². The molecule has 0 fully saturated rings. The van der Waals surface area contributed by atoms with E-state index >= 15 is 0 Å². The van der Waals surface area contributed by atoms with Crippen LogP contribution in [0.25, 0.3) is 0 Å². The van der Waals surface area contributed by atoms with Gasteiger partial charge >= 0.3 is 0 Å². The number of hydrogen-bond acceptors (Lipinski definition) is 3. The molecule has 0 aliphatic carbocycles. The molecule has 5 heteroatoms. The highest BCUT2D eigenvalue weighted by molar-refractivity contribution is 5.88. The molecule has 0 saturated heterocycles. The van der Waals surface area contributed by atoms with Crippen LogP contribution in [0.2, 0.25) is 0 Å². The van der Waals surface area contributed by atoms with Crippen molar-refractivity contribution in [3.05, 3.63) is 101 Å². The number of carbonyl (C=O) groups is 2. The Morgan fingerprint density at radius 1 is 0.914 bits per heavy atom. The molecular weight excluding hydrogens is 436 g/mol. The van der Waals surface area contributed by atoms with Gasteiger partial charge < -0.3 is 15.0 Å². The number of nitrogens with zero attached hydrogens (tertiary/aromatic N) is 1. The van der Waals surface area contributed by atoms with Gasteiger partial charge in [0.05, 0.1) is 0 Å². The SMILES string of the molecule is CCCNC(=O)[C@@H](Cc1ccccc1)N(Cc1ccccc1C)C(=O)COc1cc(C)ccc1C. The largest absolute Gasteiger partial charge is 0.483 e. The fourth-order valence-electron chi connectivity index (χ4n) is 3.98. The van der Waals surface area contributed by atoms with Crippen molar-refractivity contribution >= 4 is 11.8 Å². The number of carbonyl (C=O) groups excluding carboxylic acids is 2. The number of hydrogen-bond donors (Lipinski definition) is 1. The van der Waals surface area contributed by atoms with Crippen LogP contribution in [0.1, 0.15) is 41.2 Å². The van der Waals surface area contributed by atoms with Crippen molar-refractivity contribution in [2.75, 3.05) is 13.2 Å². The van der Waals surface area contributed by atoms with Gasteiger partial charge in [-0.3, -0.25) is 9.59 Å². The number of aryl methyl sites for hydroxylation is 3. The van der Waals surface area contributed by atoms with E-state index in [-0.39, 0.29) is 18.4 Å². The summed E-state index contributed by atoms with van der Waals surface area (Å²) in [6.07, 6.45) is 1.25. The second kappa shape index (κ2) is 12.7. The minimum absolute atomic E-state index is 0.136. The molecule has 0 bridgehead atoms. The highest BCUT2D eigenvalue weighted by Crippen LogP contribution is 2.21. The van der Waals surface area contributed by atoms with Gasteiger partial charge in [0.2, 0.25) is 5.91 Å². The first-order valence-electron chi connectivity index (χ1n) is 12.2. The van der Waals surface area contributed by atoms with Gasteiger partial charge in [-0.1, -0.05) is 73.7 Å². The molecule has 5 nitrogen and oxygen atoms in total. The molecule has 1 atom stereocenters. The average Bonchev–Trinajstić information content (AvgIpc) is 2.86. The molecule has 0 aromatic heterocycles. The van der Waals surface area contributed by atoms with E-state index in [0.717, 1.165) is 34.2 Å². The van der Waals surface area contributed by atoms with Crippen LogP contribution in [-0.2, 0) is 22.6 Å². The maximum Gasteiger partial charge on any atom is 0.261 e. The van der Waals surface area contributed by atoms with Gasteiger partial charge in [-0.2, -0.15) is 0 Å². The maximum atomic E-state index is 13.7. The van der Waals surface area contributed by atoms with Crippen LogP contribution < -0.4 is 10.1 Å². The molecule has 35 heavy (non-hydrogen) atoms. The summed E-state index contributed by atoms with van der Waals surface area (Å²) in [5.74, 6) is 0.315. The van der Waals surface area contributed by atoms with Gasteiger partial charge in [-0.05, 0) is 61.1 Å². The van der Waals surface area contributed by atoms with Crippen molar-refractivity contribution in [3.8, 4) is 5.75 Å². The highest BCUT2D eigenvalue weighted by atomic mass is 16.5. The van der Waals surface area contributed by atoms with Crippen LogP contribution in [0.15, 0.2) is 72.8 Å². The van der Waals surface area contributed by atoms with Crippen molar-refractivity contribution in [3.63, 3.8) is 0 Å². The van der Waals surface area contributed by atoms with Crippen LogP contribution in [0.4, 0.5) is 0 Å². The van der Waals surface area contributed by atoms with Gasteiger partial charge in [0, 0.05) is 19.5 Å². The predicted molar refractivity (Wildman–Crippen MR) is 140 cm³/mol. The quantitative estimate of drug-likeness (QED) is 0.420. The molecule has 3 aromatic rings. The molecule has 1 N–H and O–H groups in total. The fraction of sp³-hybridized carbons (Fsp3) is 0.333. The summed E-state index contributed by atoms with van der Waals surface area (Å²) in [6.45, 7) is 8.75. The lowest BCUT2D eigenvalue weighted by atomic mass is 10.0. The van der Waals surface area contributed by atoms with Crippen molar-refractivity contribution in [1.82, 2.24) is 10.2 Å². The lowest BCUT2D eigenvalue weighted by Gasteiger charge is -2.32. The first-order valence-corrected chi connectivity index (χ1v) is 12.2. The van der Waals surface area contributed by atoms with E-state index in [9.17, 15) is 9.59 Å². The summed E-state index contributed by atoms with van der Waals surface area (Å²) in [5, 5.41) is 3.01. The Morgan fingerprint density at radius 2 is 1.63 bits per heavy atom. The normalized spacial score (nSPS) is 11.5. The van der Waals surface area contributed by atoms with Crippen LogP contribution >= 0.6 is 0 Å². The Morgan fingerprint density at radius 3 is 2.34 bits per heavy atom. The zero-order valence-electron chi connectivity index (χ0n) is 21.2. The number of amides is 2. The van der Waals surface area contributed by atoms with Crippen LogP contribution in [0.3, 0.4) is 0 Å². The monoisotopic (exact) mass is 472 g/mol. The molecule has 184 valence electrons. The molecule has 0 aliphatic rings. The smallest absolute Gasteiger partial charge is 0.261 e. The molecule has 2 amide bonds. The molecular formula is C30H36N2O3. The molecule has 0 heterocycles. The molecule has 0 spiro atoms. The van der Waals surface area contributed by atoms with Crippen LogP contribution in [0.5, 0.6) is 5.75 Å². The lowest BCUT2D eigenvalue weighted by Crippen LogP contribution is -2.51. The summed E-state index contributed by atoms with van der Waals surface area (Å²) in [6, 6.07) is 23.1.